The first-order valence-electron chi connectivity index (χ1n) is 8.59. The first-order valence-corrected chi connectivity index (χ1v) is 8.59. The fourth-order valence-corrected chi connectivity index (χ4v) is 2.98. The third-order valence-corrected chi connectivity index (χ3v) is 4.32. The molecule has 0 radical (unpaired) electrons. The number of carbonyl (C=O) groups excluding carboxylic acids is 1. The van der Waals surface area contributed by atoms with Crippen LogP contribution in [0, 0.1) is 12.3 Å². The van der Waals surface area contributed by atoms with E-state index in [4.69, 9.17) is 5.41 Å². The highest BCUT2D eigenvalue weighted by molar-refractivity contribution is 5.96. The van der Waals surface area contributed by atoms with Gasteiger partial charge in [0.25, 0.3) is 11.5 Å². The van der Waals surface area contributed by atoms with Gasteiger partial charge in [0.1, 0.15) is 16.8 Å². The molecule has 0 atom stereocenters. The molecule has 0 fully saturated rings. The zero-order chi connectivity index (χ0) is 19.6. The Morgan fingerprint density at radius 1 is 1.44 bits per heavy atom. The summed E-state index contributed by atoms with van der Waals surface area (Å²) in [4.78, 5) is 30.1. The van der Waals surface area contributed by atoms with E-state index in [-0.39, 0.29) is 41.7 Å². The molecule has 0 aliphatic heterocycles. The van der Waals surface area contributed by atoms with Crippen LogP contribution in [0.15, 0.2) is 41.8 Å². The summed E-state index contributed by atoms with van der Waals surface area (Å²) in [5.74, 6) is -0.465. The van der Waals surface area contributed by atoms with Crippen molar-refractivity contribution in [3.63, 3.8) is 0 Å². The lowest BCUT2D eigenvalue weighted by atomic mass is 10.2. The van der Waals surface area contributed by atoms with E-state index in [0.29, 0.717) is 17.7 Å². The Morgan fingerprint density at radius 3 is 2.93 bits per heavy atom. The average molecular weight is 367 g/mol. The molecule has 0 aliphatic rings. The van der Waals surface area contributed by atoms with Gasteiger partial charge in [0.05, 0.1) is 10.9 Å². The second kappa shape index (κ2) is 7.55. The minimum atomic E-state index is -0.465. The summed E-state index contributed by atoms with van der Waals surface area (Å²) < 4.78 is 2.94. The van der Waals surface area contributed by atoms with E-state index in [1.165, 1.54) is 21.1 Å². The first kappa shape index (κ1) is 18.5. The minimum absolute atomic E-state index is 0.0534. The number of fused-ring (bicyclic) bond motifs is 2. The molecule has 8 nitrogen and oxygen atoms in total. The fourth-order valence-electron chi connectivity index (χ4n) is 2.98. The van der Waals surface area contributed by atoms with Crippen molar-refractivity contribution in [2.24, 2.45) is 0 Å². The Bertz CT molecular complexity index is 1160. The van der Waals surface area contributed by atoms with Gasteiger partial charge >= 0.3 is 0 Å². The van der Waals surface area contributed by atoms with Crippen LogP contribution in [0.3, 0.4) is 0 Å². The molecule has 0 saturated carbocycles. The molecule has 0 saturated heterocycles. The van der Waals surface area contributed by atoms with Gasteiger partial charge in [-0.05, 0) is 31.0 Å². The number of rotatable bonds is 6. The van der Waals surface area contributed by atoms with E-state index < -0.39 is 5.91 Å². The van der Waals surface area contributed by atoms with Gasteiger partial charge in [-0.1, -0.05) is 12.1 Å². The van der Waals surface area contributed by atoms with Crippen molar-refractivity contribution in [2.75, 3.05) is 13.2 Å². The van der Waals surface area contributed by atoms with Crippen LogP contribution in [-0.4, -0.2) is 38.1 Å². The topological polar surface area (TPSA) is 112 Å². The lowest BCUT2D eigenvalue weighted by molar-refractivity contribution is 0.0955. The third kappa shape index (κ3) is 3.26. The highest BCUT2D eigenvalue weighted by atomic mass is 16.3. The molecule has 0 spiro atoms. The van der Waals surface area contributed by atoms with Gasteiger partial charge in [-0.2, -0.15) is 0 Å². The predicted octanol–water partition coefficient (Wildman–Crippen LogP) is 0.735. The van der Waals surface area contributed by atoms with E-state index in [2.05, 4.69) is 16.9 Å². The van der Waals surface area contributed by atoms with Crippen LogP contribution < -0.4 is 16.4 Å². The van der Waals surface area contributed by atoms with Crippen LogP contribution in [0.4, 0.5) is 0 Å². The highest BCUT2D eigenvalue weighted by Gasteiger charge is 2.17. The van der Waals surface area contributed by atoms with Crippen molar-refractivity contribution in [2.45, 2.75) is 19.9 Å². The fraction of sp³-hybridized carbons (Fsp3) is 0.263. The Balaban J connectivity index is 2.39. The van der Waals surface area contributed by atoms with Gasteiger partial charge in [0, 0.05) is 25.9 Å². The van der Waals surface area contributed by atoms with Crippen LogP contribution >= 0.6 is 0 Å². The van der Waals surface area contributed by atoms with Crippen molar-refractivity contribution in [3.8, 4) is 0 Å². The number of aromatic nitrogens is 3. The SMILES string of the molecule is C=CCNC(=O)c1cc2c(=O)n3cccc(C)c3nc2n(CCCO)c1=N. The van der Waals surface area contributed by atoms with Crippen LogP contribution in [0.5, 0.6) is 0 Å². The summed E-state index contributed by atoms with van der Waals surface area (Å²) in [5.41, 5.74) is 1.36. The monoisotopic (exact) mass is 367 g/mol. The molecular formula is C19H21N5O3. The maximum Gasteiger partial charge on any atom is 0.267 e. The van der Waals surface area contributed by atoms with Gasteiger partial charge in [0.2, 0.25) is 0 Å². The Hall–Kier alpha value is -3.26. The summed E-state index contributed by atoms with van der Waals surface area (Å²) in [5, 5.41) is 20.5. The van der Waals surface area contributed by atoms with Crippen LogP contribution in [0.25, 0.3) is 16.7 Å². The number of aliphatic hydroxyl groups excluding tert-OH is 1. The number of hydrogen-bond donors (Lipinski definition) is 3. The maximum absolute atomic E-state index is 13.0. The molecule has 1 amide bonds. The van der Waals surface area contributed by atoms with E-state index in [0.717, 1.165) is 5.56 Å². The number of nitrogens with zero attached hydrogens (tertiary/aromatic N) is 3. The second-order valence-corrected chi connectivity index (χ2v) is 6.17. The number of hydrogen-bond acceptors (Lipinski definition) is 5. The second-order valence-electron chi connectivity index (χ2n) is 6.17. The smallest absolute Gasteiger partial charge is 0.267 e. The van der Waals surface area contributed by atoms with E-state index >= 15 is 0 Å². The zero-order valence-electron chi connectivity index (χ0n) is 15.0. The summed E-state index contributed by atoms with van der Waals surface area (Å²) in [6.45, 7) is 5.85. The molecule has 0 aliphatic carbocycles. The van der Waals surface area contributed by atoms with Crippen molar-refractivity contribution in [1.29, 1.82) is 5.41 Å². The summed E-state index contributed by atoms with van der Waals surface area (Å²) >= 11 is 0. The molecule has 8 heteroatoms. The normalized spacial score (nSPS) is 11.0. The molecule has 0 bridgehead atoms. The number of amides is 1. The Kier molecular flexibility index (Phi) is 5.18. The average Bonchev–Trinajstić information content (AvgIpc) is 2.66. The highest BCUT2D eigenvalue weighted by Crippen LogP contribution is 2.13. The molecule has 27 heavy (non-hydrogen) atoms. The van der Waals surface area contributed by atoms with Crippen molar-refractivity contribution >= 4 is 22.6 Å². The Morgan fingerprint density at radius 2 is 2.22 bits per heavy atom. The van der Waals surface area contributed by atoms with Gasteiger partial charge < -0.3 is 15.0 Å². The van der Waals surface area contributed by atoms with Gasteiger partial charge in [-0.3, -0.25) is 19.4 Å². The molecule has 3 aromatic heterocycles. The summed E-state index contributed by atoms with van der Waals surface area (Å²) in [7, 11) is 0. The maximum atomic E-state index is 13.0. The molecule has 0 unspecified atom stereocenters. The lowest BCUT2D eigenvalue weighted by Crippen LogP contribution is -2.35. The number of aryl methyl sites for hydroxylation is 2. The summed E-state index contributed by atoms with van der Waals surface area (Å²) in [6.07, 6.45) is 3.54. The van der Waals surface area contributed by atoms with Crippen LogP contribution in [-0.2, 0) is 6.54 Å². The predicted molar refractivity (Wildman–Crippen MR) is 102 cm³/mol. The van der Waals surface area contributed by atoms with Gasteiger partial charge in [-0.15, -0.1) is 6.58 Å². The van der Waals surface area contributed by atoms with E-state index in [1.54, 1.807) is 12.3 Å². The number of pyridine rings is 2. The van der Waals surface area contributed by atoms with E-state index in [9.17, 15) is 14.7 Å². The first-order chi connectivity index (χ1) is 13.0. The molecule has 140 valence electrons. The van der Waals surface area contributed by atoms with Crippen LogP contribution in [0.2, 0.25) is 0 Å². The quantitative estimate of drug-likeness (QED) is 0.440. The molecule has 3 heterocycles. The zero-order valence-corrected chi connectivity index (χ0v) is 15.0. The Labute approximate surface area is 154 Å². The van der Waals surface area contributed by atoms with Crippen molar-refractivity contribution < 1.29 is 9.90 Å². The lowest BCUT2D eigenvalue weighted by Gasteiger charge is -2.14. The molecule has 3 aromatic rings. The molecule has 3 rings (SSSR count). The number of nitrogens with one attached hydrogen (secondary N) is 2. The van der Waals surface area contributed by atoms with Gasteiger partial charge in [-0.25, -0.2) is 4.98 Å². The minimum Gasteiger partial charge on any atom is -0.396 e. The molecule has 0 aromatic carbocycles. The van der Waals surface area contributed by atoms with Crippen molar-refractivity contribution in [1.82, 2.24) is 19.3 Å². The summed E-state index contributed by atoms with van der Waals surface area (Å²) in [6, 6.07) is 5.02. The van der Waals surface area contributed by atoms with Crippen molar-refractivity contribution in [3.05, 3.63) is 64.0 Å². The standard InChI is InChI=1S/C19H21N5O3/c1-3-7-21-18(26)13-11-14-17(23(15(13)20)9-5-10-25)22-16-12(2)6-4-8-24(16)19(14)27/h3-4,6,8,11,20,25H,1,5,7,9-10H2,2H3,(H,21,26). The largest absolute Gasteiger partial charge is 0.396 e. The number of aliphatic hydroxyl groups is 1. The number of carbonyl (C=O) groups is 1. The molecular weight excluding hydrogens is 346 g/mol. The van der Waals surface area contributed by atoms with Gasteiger partial charge in [0.15, 0.2) is 0 Å². The van der Waals surface area contributed by atoms with E-state index in [1.807, 2.05) is 13.0 Å². The third-order valence-electron chi connectivity index (χ3n) is 4.32. The van der Waals surface area contributed by atoms with Crippen LogP contribution in [0.1, 0.15) is 22.3 Å². The molecule has 3 N–H and O–H groups in total.